The van der Waals surface area contributed by atoms with Crippen molar-refractivity contribution in [2.45, 2.75) is 71.3 Å². The van der Waals surface area contributed by atoms with Gasteiger partial charge in [0.05, 0.1) is 5.69 Å². The number of nitrogens with zero attached hydrogens (tertiary/aromatic N) is 2. The van der Waals surface area contributed by atoms with Crippen LogP contribution in [-0.2, 0) is 6.54 Å². The second-order valence-electron chi connectivity index (χ2n) is 5.72. The Kier molecular flexibility index (Phi) is 5.21. The van der Waals surface area contributed by atoms with Gasteiger partial charge >= 0.3 is 5.97 Å². The molecule has 112 valence electrons. The molecule has 0 atom stereocenters. The first kappa shape index (κ1) is 15.1. The van der Waals surface area contributed by atoms with E-state index in [1.807, 2.05) is 13.8 Å². The highest BCUT2D eigenvalue weighted by Gasteiger charge is 2.29. The van der Waals surface area contributed by atoms with Gasteiger partial charge in [-0.1, -0.05) is 33.1 Å². The van der Waals surface area contributed by atoms with Crippen molar-refractivity contribution in [3.8, 4) is 0 Å². The fourth-order valence-corrected chi connectivity index (χ4v) is 2.94. The van der Waals surface area contributed by atoms with Gasteiger partial charge in [-0.15, -0.1) is 0 Å². The highest BCUT2D eigenvalue weighted by molar-refractivity contribution is 5.85. The average Bonchev–Trinajstić information content (AvgIpc) is 3.24. The topological polar surface area (TPSA) is 55.1 Å². The fraction of sp³-hybridized carbons (Fsp3) is 0.750. The third kappa shape index (κ3) is 3.62. The standard InChI is InChI=1S/C14H20N2O2.C2H6/c17-14(18)13-8-12(11-6-7-11)15-16(13)9-10-4-2-1-3-5-10;1-2/h8,10-11H,1-7,9H2,(H,17,18);1-2H3. The van der Waals surface area contributed by atoms with Gasteiger partial charge in [-0.25, -0.2) is 4.79 Å². The Morgan fingerprint density at radius 2 is 1.90 bits per heavy atom. The van der Waals surface area contributed by atoms with Gasteiger partial charge in [0, 0.05) is 12.5 Å². The molecule has 0 radical (unpaired) electrons. The Morgan fingerprint density at radius 1 is 1.25 bits per heavy atom. The molecule has 0 aromatic carbocycles. The largest absolute Gasteiger partial charge is 0.477 e. The highest BCUT2D eigenvalue weighted by atomic mass is 16.4. The Balaban J connectivity index is 0.000000704. The molecule has 0 unspecified atom stereocenters. The van der Waals surface area contributed by atoms with Crippen LogP contribution in [0.3, 0.4) is 0 Å². The Bertz CT molecular complexity index is 443. The lowest BCUT2D eigenvalue weighted by atomic mass is 9.89. The maximum absolute atomic E-state index is 11.3. The summed E-state index contributed by atoms with van der Waals surface area (Å²) in [6.07, 6.45) is 8.66. The van der Waals surface area contributed by atoms with Crippen LogP contribution < -0.4 is 0 Å². The summed E-state index contributed by atoms with van der Waals surface area (Å²) in [7, 11) is 0. The fourth-order valence-electron chi connectivity index (χ4n) is 2.94. The molecule has 1 aromatic rings. The molecule has 2 saturated carbocycles. The van der Waals surface area contributed by atoms with Gasteiger partial charge in [0.1, 0.15) is 5.69 Å². The van der Waals surface area contributed by atoms with Crippen LogP contribution in [0.5, 0.6) is 0 Å². The van der Waals surface area contributed by atoms with Crippen LogP contribution in [0.25, 0.3) is 0 Å². The molecule has 20 heavy (non-hydrogen) atoms. The van der Waals surface area contributed by atoms with Crippen LogP contribution in [0.15, 0.2) is 6.07 Å². The Morgan fingerprint density at radius 3 is 2.45 bits per heavy atom. The van der Waals surface area contributed by atoms with Crippen LogP contribution in [0, 0.1) is 5.92 Å². The molecular formula is C16H26N2O2. The smallest absolute Gasteiger partial charge is 0.354 e. The predicted octanol–water partition coefficient (Wildman–Crippen LogP) is 4.07. The summed E-state index contributed by atoms with van der Waals surface area (Å²) in [5.41, 5.74) is 1.37. The number of rotatable bonds is 4. The Hall–Kier alpha value is -1.32. The van der Waals surface area contributed by atoms with Gasteiger partial charge in [-0.05, 0) is 37.7 Å². The van der Waals surface area contributed by atoms with Gasteiger partial charge < -0.3 is 5.11 Å². The average molecular weight is 278 g/mol. The van der Waals surface area contributed by atoms with Crippen LogP contribution >= 0.6 is 0 Å². The lowest BCUT2D eigenvalue weighted by Crippen LogP contribution is -2.18. The van der Waals surface area contributed by atoms with E-state index in [2.05, 4.69) is 5.10 Å². The predicted molar refractivity (Wildman–Crippen MR) is 79.1 cm³/mol. The van der Waals surface area contributed by atoms with Crippen molar-refractivity contribution in [3.05, 3.63) is 17.5 Å². The second kappa shape index (κ2) is 6.91. The molecule has 0 spiro atoms. The van der Waals surface area contributed by atoms with Crippen molar-refractivity contribution in [2.24, 2.45) is 5.92 Å². The molecule has 0 saturated heterocycles. The number of hydrogen-bond acceptors (Lipinski definition) is 2. The number of carbonyl (C=O) groups is 1. The first-order valence-electron chi connectivity index (χ1n) is 8.05. The van der Waals surface area contributed by atoms with Gasteiger partial charge in [-0.3, -0.25) is 4.68 Å². The van der Waals surface area contributed by atoms with E-state index in [9.17, 15) is 9.90 Å². The summed E-state index contributed by atoms with van der Waals surface area (Å²) >= 11 is 0. The molecule has 0 amide bonds. The number of aromatic nitrogens is 2. The van der Waals surface area contributed by atoms with Crippen molar-refractivity contribution >= 4 is 5.97 Å². The molecule has 1 N–H and O–H groups in total. The zero-order valence-electron chi connectivity index (χ0n) is 12.6. The quantitative estimate of drug-likeness (QED) is 0.903. The molecule has 3 rings (SSSR count). The summed E-state index contributed by atoms with van der Waals surface area (Å²) in [6, 6.07) is 1.78. The summed E-state index contributed by atoms with van der Waals surface area (Å²) in [5, 5.41) is 13.8. The van der Waals surface area contributed by atoms with E-state index < -0.39 is 5.97 Å². The van der Waals surface area contributed by atoms with Gasteiger partial charge in [-0.2, -0.15) is 5.10 Å². The third-order valence-electron chi connectivity index (χ3n) is 4.17. The lowest BCUT2D eigenvalue weighted by Gasteiger charge is -2.21. The minimum Gasteiger partial charge on any atom is -0.477 e. The second-order valence-corrected chi connectivity index (χ2v) is 5.72. The van der Waals surface area contributed by atoms with E-state index in [-0.39, 0.29) is 0 Å². The van der Waals surface area contributed by atoms with Crippen molar-refractivity contribution in [1.82, 2.24) is 9.78 Å². The molecule has 4 nitrogen and oxygen atoms in total. The molecule has 1 heterocycles. The lowest BCUT2D eigenvalue weighted by molar-refractivity contribution is 0.0681. The molecular weight excluding hydrogens is 252 g/mol. The monoisotopic (exact) mass is 278 g/mol. The molecule has 0 aliphatic heterocycles. The van der Waals surface area contributed by atoms with Crippen LogP contribution in [0.4, 0.5) is 0 Å². The van der Waals surface area contributed by atoms with Crippen molar-refractivity contribution < 1.29 is 9.90 Å². The highest BCUT2D eigenvalue weighted by Crippen LogP contribution is 2.39. The van der Waals surface area contributed by atoms with E-state index in [1.165, 1.54) is 44.9 Å². The van der Waals surface area contributed by atoms with E-state index in [1.54, 1.807) is 10.7 Å². The zero-order chi connectivity index (χ0) is 14.5. The SMILES string of the molecule is CC.O=C(O)c1cc(C2CC2)nn1CC1CCCCC1. The number of aromatic carboxylic acids is 1. The maximum atomic E-state index is 11.3. The summed E-state index contributed by atoms with van der Waals surface area (Å²) in [5.74, 6) is 0.296. The van der Waals surface area contributed by atoms with Gasteiger partial charge in [0.15, 0.2) is 0 Å². The number of carboxylic acid groups (broad SMARTS) is 1. The molecule has 1 aromatic heterocycles. The normalized spacial score (nSPS) is 19.3. The minimum absolute atomic E-state index is 0.377. The third-order valence-corrected chi connectivity index (χ3v) is 4.17. The minimum atomic E-state index is -0.842. The van der Waals surface area contributed by atoms with E-state index in [4.69, 9.17) is 0 Å². The number of hydrogen-bond donors (Lipinski definition) is 1. The maximum Gasteiger partial charge on any atom is 0.354 e. The van der Waals surface area contributed by atoms with E-state index in [0.717, 1.165) is 12.2 Å². The first-order chi connectivity index (χ1) is 9.74. The molecule has 2 aliphatic carbocycles. The molecule has 2 fully saturated rings. The molecule has 2 aliphatic rings. The number of carboxylic acids is 1. The van der Waals surface area contributed by atoms with E-state index >= 15 is 0 Å². The van der Waals surface area contributed by atoms with Crippen LogP contribution in [-0.4, -0.2) is 20.9 Å². The van der Waals surface area contributed by atoms with E-state index in [0.29, 0.717) is 17.5 Å². The molecule has 4 heteroatoms. The van der Waals surface area contributed by atoms with Gasteiger partial charge in [0.2, 0.25) is 0 Å². The van der Waals surface area contributed by atoms with Crippen molar-refractivity contribution in [3.63, 3.8) is 0 Å². The van der Waals surface area contributed by atoms with Crippen LogP contribution in [0.1, 0.15) is 80.9 Å². The first-order valence-corrected chi connectivity index (χ1v) is 8.05. The summed E-state index contributed by atoms with van der Waals surface area (Å²) < 4.78 is 1.74. The zero-order valence-corrected chi connectivity index (χ0v) is 12.6. The Labute approximate surface area is 121 Å². The molecule has 0 bridgehead atoms. The summed E-state index contributed by atoms with van der Waals surface area (Å²) in [4.78, 5) is 11.3. The van der Waals surface area contributed by atoms with Crippen molar-refractivity contribution in [2.75, 3.05) is 0 Å². The van der Waals surface area contributed by atoms with Crippen molar-refractivity contribution in [1.29, 1.82) is 0 Å². The van der Waals surface area contributed by atoms with Gasteiger partial charge in [0.25, 0.3) is 0 Å². The van der Waals surface area contributed by atoms with Crippen LogP contribution in [0.2, 0.25) is 0 Å². The summed E-state index contributed by atoms with van der Waals surface area (Å²) in [6.45, 7) is 4.79.